The SMILES string of the molecule is CC(CO)N(C)C(=O)c1sc2cc(Cl)ccc2c1Cl. The Morgan fingerprint density at radius 3 is 2.79 bits per heavy atom. The van der Waals surface area contributed by atoms with E-state index in [4.69, 9.17) is 28.3 Å². The van der Waals surface area contributed by atoms with E-state index in [1.165, 1.54) is 16.2 Å². The first kappa shape index (κ1) is 14.6. The highest BCUT2D eigenvalue weighted by molar-refractivity contribution is 7.21. The predicted octanol–water partition coefficient (Wildman–Crippen LogP) is 3.66. The Kier molecular flexibility index (Phi) is 4.36. The quantitative estimate of drug-likeness (QED) is 0.938. The highest BCUT2D eigenvalue weighted by Gasteiger charge is 2.23. The normalized spacial score (nSPS) is 12.7. The van der Waals surface area contributed by atoms with Gasteiger partial charge in [-0.25, -0.2) is 0 Å². The molecule has 1 aromatic heterocycles. The molecule has 2 rings (SSSR count). The van der Waals surface area contributed by atoms with Gasteiger partial charge in [-0.05, 0) is 19.1 Å². The lowest BCUT2D eigenvalue weighted by molar-refractivity contribution is 0.0687. The number of thiophene rings is 1. The van der Waals surface area contributed by atoms with E-state index in [9.17, 15) is 4.79 Å². The number of halogens is 2. The summed E-state index contributed by atoms with van der Waals surface area (Å²) in [6.45, 7) is 1.69. The predicted molar refractivity (Wildman–Crippen MR) is 80.5 cm³/mol. The van der Waals surface area contributed by atoms with Crippen LogP contribution in [0.25, 0.3) is 10.1 Å². The third-order valence-electron chi connectivity index (χ3n) is 3.03. The van der Waals surface area contributed by atoms with E-state index in [0.29, 0.717) is 14.9 Å². The molecule has 0 radical (unpaired) electrons. The van der Waals surface area contributed by atoms with Crippen molar-refractivity contribution < 1.29 is 9.90 Å². The van der Waals surface area contributed by atoms with Gasteiger partial charge in [0.2, 0.25) is 0 Å². The van der Waals surface area contributed by atoms with Crippen molar-refractivity contribution in [3.05, 3.63) is 33.1 Å². The highest BCUT2D eigenvalue weighted by Crippen LogP contribution is 2.37. The first-order valence-electron chi connectivity index (χ1n) is 5.71. The molecule has 0 aliphatic carbocycles. The van der Waals surface area contributed by atoms with Gasteiger partial charge in [-0.1, -0.05) is 29.3 Å². The van der Waals surface area contributed by atoms with Crippen LogP contribution in [0.1, 0.15) is 16.6 Å². The molecule has 0 aliphatic heterocycles. The Hall–Kier alpha value is -0.810. The number of likely N-dealkylation sites (N-methyl/N-ethyl adjacent to an activating group) is 1. The summed E-state index contributed by atoms with van der Waals surface area (Å²) >= 11 is 13.5. The number of carbonyl (C=O) groups excluding carboxylic acids is 1. The molecule has 1 atom stereocenters. The van der Waals surface area contributed by atoms with Gasteiger partial charge in [0, 0.05) is 22.2 Å². The van der Waals surface area contributed by atoms with Crippen LogP contribution in [-0.4, -0.2) is 35.6 Å². The van der Waals surface area contributed by atoms with Crippen LogP contribution in [0.5, 0.6) is 0 Å². The lowest BCUT2D eigenvalue weighted by atomic mass is 10.2. The maximum Gasteiger partial charge on any atom is 0.265 e. The molecule has 2 aromatic rings. The molecule has 0 saturated carbocycles. The minimum atomic E-state index is -0.252. The zero-order valence-corrected chi connectivity index (χ0v) is 12.8. The van der Waals surface area contributed by atoms with Gasteiger partial charge in [0.15, 0.2) is 0 Å². The van der Waals surface area contributed by atoms with Gasteiger partial charge in [-0.3, -0.25) is 4.79 Å². The second-order valence-electron chi connectivity index (χ2n) is 4.33. The fourth-order valence-corrected chi connectivity index (χ4v) is 3.43. The van der Waals surface area contributed by atoms with E-state index in [1.54, 1.807) is 26.1 Å². The molecule has 102 valence electrons. The van der Waals surface area contributed by atoms with Crippen molar-refractivity contribution in [1.29, 1.82) is 0 Å². The molecule has 1 N–H and O–H groups in total. The maximum absolute atomic E-state index is 12.3. The number of hydrogen-bond donors (Lipinski definition) is 1. The van der Waals surface area contributed by atoms with Crippen LogP contribution >= 0.6 is 34.5 Å². The van der Waals surface area contributed by atoms with Crippen LogP contribution in [-0.2, 0) is 0 Å². The Morgan fingerprint density at radius 1 is 1.47 bits per heavy atom. The second kappa shape index (κ2) is 5.67. The molecule has 1 aromatic carbocycles. The van der Waals surface area contributed by atoms with Gasteiger partial charge in [-0.2, -0.15) is 0 Å². The molecule has 0 aliphatic rings. The van der Waals surface area contributed by atoms with E-state index in [-0.39, 0.29) is 18.6 Å². The number of aliphatic hydroxyl groups is 1. The van der Waals surface area contributed by atoms with Crippen molar-refractivity contribution in [2.24, 2.45) is 0 Å². The molecule has 1 heterocycles. The number of hydrogen-bond acceptors (Lipinski definition) is 3. The lowest BCUT2D eigenvalue weighted by Crippen LogP contribution is -2.37. The number of amides is 1. The number of rotatable bonds is 3. The van der Waals surface area contributed by atoms with Crippen LogP contribution in [0.4, 0.5) is 0 Å². The average Bonchev–Trinajstić information content (AvgIpc) is 2.72. The second-order valence-corrected chi connectivity index (χ2v) is 6.20. The number of nitrogens with zero attached hydrogens (tertiary/aromatic N) is 1. The topological polar surface area (TPSA) is 40.5 Å². The third kappa shape index (κ3) is 2.72. The third-order valence-corrected chi connectivity index (χ3v) is 4.91. The van der Waals surface area contributed by atoms with Crippen molar-refractivity contribution in [1.82, 2.24) is 4.90 Å². The number of benzene rings is 1. The fourth-order valence-electron chi connectivity index (χ4n) is 1.66. The number of aliphatic hydroxyl groups excluding tert-OH is 1. The average molecular weight is 318 g/mol. The largest absolute Gasteiger partial charge is 0.394 e. The Bertz CT molecular complexity index is 626. The van der Waals surface area contributed by atoms with Crippen LogP contribution in [0, 0.1) is 0 Å². The van der Waals surface area contributed by atoms with Crippen LogP contribution < -0.4 is 0 Å². The van der Waals surface area contributed by atoms with Crippen LogP contribution in [0.3, 0.4) is 0 Å². The molecule has 19 heavy (non-hydrogen) atoms. The smallest absolute Gasteiger partial charge is 0.265 e. The van der Waals surface area contributed by atoms with Crippen molar-refractivity contribution in [3.8, 4) is 0 Å². The van der Waals surface area contributed by atoms with E-state index in [1.807, 2.05) is 6.07 Å². The summed E-state index contributed by atoms with van der Waals surface area (Å²) in [5.74, 6) is -0.191. The first-order chi connectivity index (χ1) is 8.95. The van der Waals surface area contributed by atoms with E-state index in [2.05, 4.69) is 0 Å². The minimum Gasteiger partial charge on any atom is -0.394 e. The van der Waals surface area contributed by atoms with Crippen molar-refractivity contribution in [3.63, 3.8) is 0 Å². The number of fused-ring (bicyclic) bond motifs is 1. The standard InChI is InChI=1S/C13H13Cl2NO2S/c1-7(6-17)16(2)13(18)12-11(15)9-4-3-8(14)5-10(9)19-12/h3-5,7,17H,6H2,1-2H3. The van der Waals surface area contributed by atoms with Crippen molar-refractivity contribution in [2.75, 3.05) is 13.7 Å². The molecule has 1 unspecified atom stereocenters. The Labute approximate surface area is 125 Å². The van der Waals surface area contributed by atoms with Crippen LogP contribution in [0.2, 0.25) is 10.0 Å². The molecule has 3 nitrogen and oxygen atoms in total. The molecular weight excluding hydrogens is 305 g/mol. The molecule has 0 spiro atoms. The molecule has 0 bridgehead atoms. The molecular formula is C13H13Cl2NO2S. The van der Waals surface area contributed by atoms with E-state index in [0.717, 1.165) is 10.1 Å². The minimum absolute atomic E-state index is 0.0867. The summed E-state index contributed by atoms with van der Waals surface area (Å²) in [6, 6.07) is 5.09. The van der Waals surface area contributed by atoms with Gasteiger partial charge < -0.3 is 10.0 Å². The molecule has 0 saturated heterocycles. The summed E-state index contributed by atoms with van der Waals surface area (Å²) < 4.78 is 0.880. The van der Waals surface area contributed by atoms with Gasteiger partial charge >= 0.3 is 0 Å². The van der Waals surface area contributed by atoms with E-state index >= 15 is 0 Å². The first-order valence-corrected chi connectivity index (χ1v) is 7.28. The van der Waals surface area contributed by atoms with Gasteiger partial charge in [-0.15, -0.1) is 11.3 Å². The maximum atomic E-state index is 12.3. The molecule has 1 amide bonds. The lowest BCUT2D eigenvalue weighted by Gasteiger charge is -2.22. The zero-order chi connectivity index (χ0) is 14.2. The van der Waals surface area contributed by atoms with Crippen LogP contribution in [0.15, 0.2) is 18.2 Å². The molecule has 6 heteroatoms. The van der Waals surface area contributed by atoms with E-state index < -0.39 is 0 Å². The Balaban J connectivity index is 2.45. The summed E-state index contributed by atoms with van der Waals surface area (Å²) in [4.78, 5) is 14.3. The fraction of sp³-hybridized carbons (Fsp3) is 0.308. The Morgan fingerprint density at radius 2 is 2.16 bits per heavy atom. The summed E-state index contributed by atoms with van der Waals surface area (Å²) in [7, 11) is 1.65. The summed E-state index contributed by atoms with van der Waals surface area (Å²) in [6.07, 6.45) is 0. The summed E-state index contributed by atoms with van der Waals surface area (Å²) in [5, 5.41) is 11.0. The number of carbonyl (C=O) groups is 1. The molecule has 0 fully saturated rings. The monoisotopic (exact) mass is 317 g/mol. The van der Waals surface area contributed by atoms with Crippen molar-refractivity contribution >= 4 is 50.5 Å². The highest BCUT2D eigenvalue weighted by atomic mass is 35.5. The van der Waals surface area contributed by atoms with Gasteiger partial charge in [0.1, 0.15) is 4.88 Å². The van der Waals surface area contributed by atoms with Crippen molar-refractivity contribution in [2.45, 2.75) is 13.0 Å². The summed E-state index contributed by atoms with van der Waals surface area (Å²) in [5.41, 5.74) is 0. The zero-order valence-electron chi connectivity index (χ0n) is 10.5. The van der Waals surface area contributed by atoms with Gasteiger partial charge in [0.25, 0.3) is 5.91 Å². The van der Waals surface area contributed by atoms with Gasteiger partial charge in [0.05, 0.1) is 17.7 Å².